The van der Waals surface area contributed by atoms with E-state index in [1.165, 1.54) is 0 Å². The fraction of sp³-hybridized carbons (Fsp3) is 0.429. The van der Waals surface area contributed by atoms with Gasteiger partial charge in [0.05, 0.1) is 17.2 Å². The van der Waals surface area contributed by atoms with Crippen LogP contribution in [0.2, 0.25) is 0 Å². The Morgan fingerprint density at radius 3 is 2.72 bits per heavy atom. The van der Waals surface area contributed by atoms with Crippen LogP contribution in [0.3, 0.4) is 0 Å². The van der Waals surface area contributed by atoms with Gasteiger partial charge in [0.25, 0.3) is 5.91 Å². The molecule has 0 spiro atoms. The van der Waals surface area contributed by atoms with Crippen LogP contribution >= 0.6 is 0 Å². The lowest BCUT2D eigenvalue weighted by Gasteiger charge is -2.35. The summed E-state index contributed by atoms with van der Waals surface area (Å²) in [4.78, 5) is 13.9. The van der Waals surface area contributed by atoms with Crippen LogP contribution in [0.5, 0.6) is 0 Å². The third kappa shape index (κ3) is 2.69. The maximum Gasteiger partial charge on any atom is 0.253 e. The second kappa shape index (κ2) is 4.79. The van der Waals surface area contributed by atoms with E-state index in [0.717, 1.165) is 0 Å². The molecule has 0 atom stereocenters. The van der Waals surface area contributed by atoms with Crippen LogP contribution < -0.4 is 0 Å². The molecule has 1 amide bonds. The van der Waals surface area contributed by atoms with E-state index in [9.17, 15) is 9.90 Å². The van der Waals surface area contributed by atoms with Gasteiger partial charge in [-0.25, -0.2) is 0 Å². The summed E-state index contributed by atoms with van der Waals surface area (Å²) in [6.07, 6.45) is 1.19. The predicted molar refractivity (Wildman–Crippen MR) is 66.9 cm³/mol. The van der Waals surface area contributed by atoms with Gasteiger partial charge in [0.2, 0.25) is 0 Å². The zero-order valence-electron chi connectivity index (χ0n) is 10.4. The smallest absolute Gasteiger partial charge is 0.253 e. The second-order valence-corrected chi connectivity index (χ2v) is 4.98. The molecular weight excluding hydrogens is 228 g/mol. The Kier molecular flexibility index (Phi) is 3.35. The van der Waals surface area contributed by atoms with E-state index in [1.54, 1.807) is 36.1 Å². The molecule has 0 bridgehead atoms. The second-order valence-electron chi connectivity index (χ2n) is 4.98. The maximum atomic E-state index is 12.2. The minimum absolute atomic E-state index is 0.0670. The van der Waals surface area contributed by atoms with Gasteiger partial charge in [-0.15, -0.1) is 0 Å². The third-order valence-corrected chi connectivity index (χ3v) is 3.37. The molecule has 1 aromatic carbocycles. The molecule has 4 nitrogen and oxygen atoms in total. The first-order valence-corrected chi connectivity index (χ1v) is 6.04. The fourth-order valence-corrected chi connectivity index (χ4v) is 2.10. The van der Waals surface area contributed by atoms with Gasteiger partial charge in [0.15, 0.2) is 0 Å². The van der Waals surface area contributed by atoms with Crippen molar-refractivity contribution in [2.45, 2.75) is 25.4 Å². The molecule has 0 aromatic heterocycles. The lowest BCUT2D eigenvalue weighted by molar-refractivity contribution is -0.00202. The SMILES string of the molecule is CC1(O)CCN(C(=O)c2cccc(C#N)c2)CC1. The Labute approximate surface area is 106 Å². The summed E-state index contributed by atoms with van der Waals surface area (Å²) in [5, 5.41) is 18.7. The molecule has 1 N–H and O–H groups in total. The Hall–Kier alpha value is -1.86. The van der Waals surface area contributed by atoms with Crippen molar-refractivity contribution >= 4 is 5.91 Å². The van der Waals surface area contributed by atoms with Gasteiger partial charge in [-0.1, -0.05) is 6.07 Å². The molecule has 1 aromatic rings. The van der Waals surface area contributed by atoms with Gasteiger partial charge in [-0.2, -0.15) is 5.26 Å². The average molecular weight is 244 g/mol. The lowest BCUT2D eigenvalue weighted by atomic mass is 9.93. The topological polar surface area (TPSA) is 64.3 Å². The first kappa shape index (κ1) is 12.6. The molecule has 4 heteroatoms. The van der Waals surface area contributed by atoms with Crippen LogP contribution in [0.4, 0.5) is 0 Å². The molecule has 18 heavy (non-hydrogen) atoms. The molecule has 0 saturated carbocycles. The normalized spacial score (nSPS) is 18.2. The van der Waals surface area contributed by atoms with Crippen molar-refractivity contribution in [2.75, 3.05) is 13.1 Å². The summed E-state index contributed by atoms with van der Waals surface area (Å²) in [6.45, 7) is 2.91. The van der Waals surface area contributed by atoms with Crippen LogP contribution in [-0.4, -0.2) is 34.6 Å². The predicted octanol–water partition coefficient (Wildman–Crippen LogP) is 1.55. The standard InChI is InChI=1S/C14H16N2O2/c1-14(18)5-7-16(8-6-14)13(17)12-4-2-3-11(9-12)10-15/h2-4,9,18H,5-8H2,1H3. The number of benzene rings is 1. The minimum atomic E-state index is -0.661. The minimum Gasteiger partial charge on any atom is -0.390 e. The highest BCUT2D eigenvalue weighted by molar-refractivity contribution is 5.94. The maximum absolute atomic E-state index is 12.2. The Morgan fingerprint density at radius 2 is 2.11 bits per heavy atom. The molecule has 1 aliphatic heterocycles. The van der Waals surface area contributed by atoms with Crippen molar-refractivity contribution in [1.29, 1.82) is 5.26 Å². The molecule has 1 aliphatic rings. The Morgan fingerprint density at radius 1 is 1.44 bits per heavy atom. The van der Waals surface area contributed by atoms with E-state index in [2.05, 4.69) is 0 Å². The largest absolute Gasteiger partial charge is 0.390 e. The molecule has 0 unspecified atom stereocenters. The molecule has 2 rings (SSSR count). The Bertz CT molecular complexity index is 493. The van der Waals surface area contributed by atoms with Crippen LogP contribution in [0, 0.1) is 11.3 Å². The monoisotopic (exact) mass is 244 g/mol. The van der Waals surface area contributed by atoms with Gasteiger partial charge in [0, 0.05) is 18.7 Å². The number of hydrogen-bond acceptors (Lipinski definition) is 3. The van der Waals surface area contributed by atoms with Crippen LogP contribution in [0.15, 0.2) is 24.3 Å². The summed E-state index contributed by atoms with van der Waals surface area (Å²) in [6, 6.07) is 8.74. The fourth-order valence-electron chi connectivity index (χ4n) is 2.10. The number of aliphatic hydroxyl groups is 1. The summed E-state index contributed by atoms with van der Waals surface area (Å²) in [5.41, 5.74) is 0.367. The van der Waals surface area contributed by atoms with Gasteiger partial charge >= 0.3 is 0 Å². The number of nitriles is 1. The van der Waals surface area contributed by atoms with Gasteiger partial charge in [-0.3, -0.25) is 4.79 Å². The first-order valence-electron chi connectivity index (χ1n) is 6.04. The molecular formula is C14H16N2O2. The average Bonchev–Trinajstić information content (AvgIpc) is 2.38. The number of carbonyl (C=O) groups excluding carboxylic acids is 1. The number of likely N-dealkylation sites (tertiary alicyclic amines) is 1. The highest BCUT2D eigenvalue weighted by atomic mass is 16.3. The number of hydrogen-bond donors (Lipinski definition) is 1. The molecule has 1 saturated heterocycles. The first-order chi connectivity index (χ1) is 8.52. The van der Waals surface area contributed by atoms with E-state index in [1.807, 2.05) is 6.07 Å². The van der Waals surface area contributed by atoms with E-state index < -0.39 is 5.60 Å². The van der Waals surface area contributed by atoms with Crippen molar-refractivity contribution < 1.29 is 9.90 Å². The van der Waals surface area contributed by atoms with Crippen molar-refractivity contribution in [3.63, 3.8) is 0 Å². The van der Waals surface area contributed by atoms with E-state index in [4.69, 9.17) is 5.26 Å². The van der Waals surface area contributed by atoms with Crippen LogP contribution in [-0.2, 0) is 0 Å². The number of rotatable bonds is 1. The van der Waals surface area contributed by atoms with Gasteiger partial charge in [-0.05, 0) is 38.0 Å². The van der Waals surface area contributed by atoms with Crippen LogP contribution in [0.1, 0.15) is 35.7 Å². The number of piperidine rings is 1. The zero-order valence-corrected chi connectivity index (χ0v) is 10.4. The van der Waals surface area contributed by atoms with E-state index in [-0.39, 0.29) is 5.91 Å². The molecule has 94 valence electrons. The number of carbonyl (C=O) groups is 1. The summed E-state index contributed by atoms with van der Waals surface area (Å²) in [7, 11) is 0. The van der Waals surface area contributed by atoms with E-state index >= 15 is 0 Å². The summed E-state index contributed by atoms with van der Waals surface area (Å²) in [5.74, 6) is -0.0670. The van der Waals surface area contributed by atoms with Crippen molar-refractivity contribution in [3.8, 4) is 6.07 Å². The lowest BCUT2D eigenvalue weighted by Crippen LogP contribution is -2.45. The molecule has 1 fully saturated rings. The summed E-state index contributed by atoms with van der Waals surface area (Å²) >= 11 is 0. The van der Waals surface area contributed by atoms with Crippen molar-refractivity contribution in [2.24, 2.45) is 0 Å². The van der Waals surface area contributed by atoms with Crippen molar-refractivity contribution in [1.82, 2.24) is 4.90 Å². The zero-order chi connectivity index (χ0) is 13.2. The molecule has 0 radical (unpaired) electrons. The number of nitrogens with zero attached hydrogens (tertiary/aromatic N) is 2. The highest BCUT2D eigenvalue weighted by Crippen LogP contribution is 2.22. The molecule has 1 heterocycles. The van der Waals surface area contributed by atoms with Gasteiger partial charge in [0.1, 0.15) is 0 Å². The molecule has 0 aliphatic carbocycles. The quantitative estimate of drug-likeness (QED) is 0.815. The van der Waals surface area contributed by atoms with Crippen LogP contribution in [0.25, 0.3) is 0 Å². The van der Waals surface area contributed by atoms with Crippen molar-refractivity contribution in [3.05, 3.63) is 35.4 Å². The highest BCUT2D eigenvalue weighted by Gasteiger charge is 2.29. The van der Waals surface area contributed by atoms with E-state index in [0.29, 0.717) is 37.1 Å². The third-order valence-electron chi connectivity index (χ3n) is 3.37. The number of amides is 1. The Balaban J connectivity index is 2.10. The summed E-state index contributed by atoms with van der Waals surface area (Å²) < 4.78 is 0. The van der Waals surface area contributed by atoms with Gasteiger partial charge < -0.3 is 10.0 Å².